The van der Waals surface area contributed by atoms with Crippen molar-refractivity contribution in [1.29, 1.82) is 0 Å². The second kappa shape index (κ2) is 5.87. The average Bonchev–Trinajstić information content (AvgIpc) is 2.15. The molecule has 0 fully saturated rings. The zero-order valence-corrected chi connectivity index (χ0v) is 8.87. The normalized spacial score (nSPS) is 12.1. The molecule has 0 heterocycles. The Morgan fingerprint density at radius 3 is 2.40 bits per heavy atom. The van der Waals surface area contributed by atoms with Gasteiger partial charge in [-0.25, -0.2) is 4.39 Å². The third-order valence-electron chi connectivity index (χ3n) is 1.84. The van der Waals surface area contributed by atoms with Crippen LogP contribution in [0, 0.1) is 5.82 Å². The van der Waals surface area contributed by atoms with E-state index in [-0.39, 0.29) is 23.7 Å². The summed E-state index contributed by atoms with van der Waals surface area (Å²) in [5.41, 5.74) is 5.68. The van der Waals surface area contributed by atoms with Crippen LogP contribution in [0.2, 0.25) is 0 Å². The van der Waals surface area contributed by atoms with Gasteiger partial charge in [-0.15, -0.1) is 12.4 Å². The first-order chi connectivity index (χ1) is 6.54. The molecule has 1 aromatic carbocycles. The Hall–Kier alpha value is -0.880. The van der Waals surface area contributed by atoms with E-state index in [0.29, 0.717) is 0 Å². The van der Waals surface area contributed by atoms with Crippen LogP contribution in [-0.2, 0) is 0 Å². The Morgan fingerprint density at radius 1 is 1.33 bits per heavy atom. The lowest BCUT2D eigenvalue weighted by molar-refractivity contribution is -0.0590. The third-order valence-corrected chi connectivity index (χ3v) is 1.84. The van der Waals surface area contributed by atoms with Crippen LogP contribution in [0.5, 0.6) is 5.75 Å². The van der Waals surface area contributed by atoms with E-state index in [1.165, 1.54) is 19.2 Å². The van der Waals surface area contributed by atoms with Crippen molar-refractivity contribution < 1.29 is 19.3 Å². The highest BCUT2D eigenvalue weighted by Crippen LogP contribution is 2.21. The SMILES string of the molecule is COc1cc(F)cc([C@H](N)C(O)O)c1.Cl. The minimum absolute atomic E-state index is 0. The number of nitrogens with two attached hydrogens (primary N) is 1. The van der Waals surface area contributed by atoms with Gasteiger partial charge < -0.3 is 20.7 Å². The van der Waals surface area contributed by atoms with E-state index >= 15 is 0 Å². The number of rotatable bonds is 3. The van der Waals surface area contributed by atoms with Crippen molar-refractivity contribution in [2.24, 2.45) is 5.73 Å². The fourth-order valence-corrected chi connectivity index (χ4v) is 1.07. The maximum atomic E-state index is 12.9. The van der Waals surface area contributed by atoms with Crippen molar-refractivity contribution in [3.05, 3.63) is 29.6 Å². The minimum Gasteiger partial charge on any atom is -0.497 e. The number of methoxy groups -OCH3 is 1. The highest BCUT2D eigenvalue weighted by molar-refractivity contribution is 5.85. The van der Waals surface area contributed by atoms with Crippen molar-refractivity contribution >= 4 is 12.4 Å². The summed E-state index contributed by atoms with van der Waals surface area (Å²) >= 11 is 0. The summed E-state index contributed by atoms with van der Waals surface area (Å²) in [6.45, 7) is 0. The first-order valence-corrected chi connectivity index (χ1v) is 4.01. The number of aliphatic hydroxyl groups is 2. The second-order valence-corrected chi connectivity index (χ2v) is 2.86. The summed E-state index contributed by atoms with van der Waals surface area (Å²) in [5, 5.41) is 17.6. The van der Waals surface area contributed by atoms with E-state index in [1.807, 2.05) is 0 Å². The zero-order valence-electron chi connectivity index (χ0n) is 8.05. The molecule has 0 radical (unpaired) electrons. The summed E-state index contributed by atoms with van der Waals surface area (Å²) in [4.78, 5) is 0. The molecule has 0 saturated carbocycles. The van der Waals surface area contributed by atoms with E-state index in [1.54, 1.807) is 0 Å². The molecule has 0 aliphatic rings. The monoisotopic (exact) mass is 237 g/mol. The number of halogens is 2. The molecule has 1 rings (SSSR count). The van der Waals surface area contributed by atoms with Gasteiger partial charge in [0.2, 0.25) is 0 Å². The van der Waals surface area contributed by atoms with Gasteiger partial charge >= 0.3 is 0 Å². The summed E-state index contributed by atoms with van der Waals surface area (Å²) in [6.07, 6.45) is -1.72. The van der Waals surface area contributed by atoms with Gasteiger partial charge in [-0.3, -0.25) is 0 Å². The highest BCUT2D eigenvalue weighted by Gasteiger charge is 2.15. The fourth-order valence-electron chi connectivity index (χ4n) is 1.07. The molecule has 1 atom stereocenters. The maximum Gasteiger partial charge on any atom is 0.171 e. The maximum absolute atomic E-state index is 12.9. The first-order valence-electron chi connectivity index (χ1n) is 4.01. The molecular formula is C9H13ClFNO3. The molecule has 1 aromatic rings. The van der Waals surface area contributed by atoms with E-state index in [9.17, 15) is 4.39 Å². The average molecular weight is 238 g/mol. The molecule has 0 spiro atoms. The van der Waals surface area contributed by atoms with E-state index in [2.05, 4.69) is 0 Å². The number of aliphatic hydroxyl groups excluding tert-OH is 1. The van der Waals surface area contributed by atoms with Gasteiger partial charge in [0.05, 0.1) is 13.2 Å². The summed E-state index contributed by atoms with van der Waals surface area (Å²) in [5.74, 6) is -0.244. The van der Waals surface area contributed by atoms with Gasteiger partial charge in [0.1, 0.15) is 11.6 Å². The van der Waals surface area contributed by atoms with Crippen LogP contribution in [0.15, 0.2) is 18.2 Å². The minimum atomic E-state index is -1.72. The lowest BCUT2D eigenvalue weighted by Gasteiger charge is -2.14. The number of hydrogen-bond donors (Lipinski definition) is 3. The Kier molecular flexibility index (Phi) is 5.53. The molecule has 0 aromatic heterocycles. The number of hydrogen-bond acceptors (Lipinski definition) is 4. The summed E-state index contributed by atoms with van der Waals surface area (Å²) in [7, 11) is 1.39. The van der Waals surface area contributed by atoms with Crippen LogP contribution in [0.1, 0.15) is 11.6 Å². The summed E-state index contributed by atoms with van der Waals surface area (Å²) < 4.78 is 17.7. The Labute approximate surface area is 92.9 Å². The molecular weight excluding hydrogens is 225 g/mol. The van der Waals surface area contributed by atoms with Crippen molar-refractivity contribution in [3.8, 4) is 5.75 Å². The Balaban J connectivity index is 0.00000196. The lowest BCUT2D eigenvalue weighted by Crippen LogP contribution is -2.25. The van der Waals surface area contributed by atoms with Crippen molar-refractivity contribution in [2.75, 3.05) is 7.11 Å². The van der Waals surface area contributed by atoms with Gasteiger partial charge in [0, 0.05) is 6.07 Å². The van der Waals surface area contributed by atoms with E-state index < -0.39 is 18.1 Å². The van der Waals surface area contributed by atoms with Gasteiger partial charge in [0.25, 0.3) is 0 Å². The molecule has 4 N–H and O–H groups in total. The number of ether oxygens (including phenoxy) is 1. The largest absolute Gasteiger partial charge is 0.497 e. The molecule has 0 aliphatic carbocycles. The second-order valence-electron chi connectivity index (χ2n) is 2.86. The molecule has 0 saturated heterocycles. The van der Waals surface area contributed by atoms with Gasteiger partial charge in [-0.05, 0) is 17.7 Å². The molecule has 0 aliphatic heterocycles. The smallest absolute Gasteiger partial charge is 0.171 e. The van der Waals surface area contributed by atoms with Gasteiger partial charge in [-0.1, -0.05) is 0 Å². The van der Waals surface area contributed by atoms with Crippen molar-refractivity contribution in [2.45, 2.75) is 12.3 Å². The van der Waals surface area contributed by atoms with Crippen LogP contribution in [0.4, 0.5) is 4.39 Å². The van der Waals surface area contributed by atoms with E-state index in [4.69, 9.17) is 20.7 Å². The molecule has 15 heavy (non-hydrogen) atoms. The standard InChI is InChI=1S/C9H12FNO3.ClH/c1-14-7-3-5(2-6(10)4-7)8(11)9(12)13;/h2-4,8-9,12-13H,11H2,1H3;1H/t8-;/m0./s1. The Morgan fingerprint density at radius 2 is 1.93 bits per heavy atom. The topological polar surface area (TPSA) is 75.7 Å². The zero-order chi connectivity index (χ0) is 10.7. The van der Waals surface area contributed by atoms with Crippen LogP contribution in [-0.4, -0.2) is 23.6 Å². The molecule has 0 unspecified atom stereocenters. The fraction of sp³-hybridized carbons (Fsp3) is 0.333. The number of benzene rings is 1. The molecule has 4 nitrogen and oxygen atoms in total. The predicted molar refractivity (Wildman–Crippen MR) is 55.4 cm³/mol. The predicted octanol–water partition coefficient (Wildman–Crippen LogP) is 0.567. The van der Waals surface area contributed by atoms with Gasteiger partial charge in [-0.2, -0.15) is 0 Å². The third kappa shape index (κ3) is 3.64. The molecule has 86 valence electrons. The van der Waals surface area contributed by atoms with Crippen molar-refractivity contribution in [1.82, 2.24) is 0 Å². The highest BCUT2D eigenvalue weighted by atomic mass is 35.5. The van der Waals surface area contributed by atoms with Crippen molar-refractivity contribution in [3.63, 3.8) is 0 Å². The summed E-state index contributed by atoms with van der Waals surface area (Å²) in [6, 6.07) is 2.72. The van der Waals surface area contributed by atoms with Gasteiger partial charge in [0.15, 0.2) is 6.29 Å². The van der Waals surface area contributed by atoms with E-state index in [0.717, 1.165) is 6.07 Å². The molecule has 6 heteroatoms. The van der Waals surface area contributed by atoms with Crippen LogP contribution >= 0.6 is 12.4 Å². The van der Waals surface area contributed by atoms with Crippen LogP contribution in [0.3, 0.4) is 0 Å². The Bertz CT molecular complexity index is 322. The van der Waals surface area contributed by atoms with Crippen LogP contribution in [0.25, 0.3) is 0 Å². The lowest BCUT2D eigenvalue weighted by atomic mass is 10.1. The molecule has 0 bridgehead atoms. The molecule has 0 amide bonds. The van der Waals surface area contributed by atoms with Crippen LogP contribution < -0.4 is 10.5 Å². The first kappa shape index (κ1) is 14.1. The quantitative estimate of drug-likeness (QED) is 0.672.